The molecule has 0 aliphatic carbocycles. The van der Waals surface area contributed by atoms with Crippen LogP contribution in [-0.2, 0) is 13.2 Å². The van der Waals surface area contributed by atoms with Crippen LogP contribution in [0.2, 0.25) is 0 Å². The molecule has 0 aliphatic rings. The van der Waals surface area contributed by atoms with Crippen molar-refractivity contribution in [2.24, 2.45) is 5.92 Å². The number of rotatable bonds is 9. The normalized spacial score (nSPS) is 12.6. The SMILES string of the molecule is CCCCC(CC)CNCc1cccc(CO)c1. The zero-order valence-corrected chi connectivity index (χ0v) is 11.8. The van der Waals surface area contributed by atoms with E-state index in [0.29, 0.717) is 0 Å². The quantitative estimate of drug-likeness (QED) is 0.702. The minimum atomic E-state index is 0.127. The van der Waals surface area contributed by atoms with Crippen LogP contribution in [0.25, 0.3) is 0 Å². The van der Waals surface area contributed by atoms with Gasteiger partial charge in [0.05, 0.1) is 6.61 Å². The summed E-state index contributed by atoms with van der Waals surface area (Å²) in [5, 5.41) is 12.6. The maximum Gasteiger partial charge on any atom is 0.0681 e. The number of hydrogen-bond donors (Lipinski definition) is 2. The molecule has 0 aliphatic heterocycles. The van der Waals surface area contributed by atoms with Crippen molar-refractivity contribution in [3.8, 4) is 0 Å². The van der Waals surface area contributed by atoms with Crippen molar-refractivity contribution in [2.45, 2.75) is 52.7 Å². The van der Waals surface area contributed by atoms with Gasteiger partial charge in [0.25, 0.3) is 0 Å². The molecule has 0 bridgehead atoms. The van der Waals surface area contributed by atoms with Crippen molar-refractivity contribution in [1.82, 2.24) is 5.32 Å². The molecule has 18 heavy (non-hydrogen) atoms. The number of aliphatic hydroxyl groups excluding tert-OH is 1. The van der Waals surface area contributed by atoms with Crippen molar-refractivity contribution in [2.75, 3.05) is 6.54 Å². The van der Waals surface area contributed by atoms with E-state index < -0.39 is 0 Å². The summed E-state index contributed by atoms with van der Waals surface area (Å²) in [5.74, 6) is 0.797. The van der Waals surface area contributed by atoms with E-state index in [1.807, 2.05) is 12.1 Å². The Hall–Kier alpha value is -0.860. The third-order valence-corrected chi connectivity index (χ3v) is 3.48. The van der Waals surface area contributed by atoms with Crippen molar-refractivity contribution in [3.63, 3.8) is 0 Å². The third-order valence-electron chi connectivity index (χ3n) is 3.48. The largest absolute Gasteiger partial charge is 0.392 e. The molecule has 2 nitrogen and oxygen atoms in total. The first kappa shape index (κ1) is 15.2. The van der Waals surface area contributed by atoms with E-state index in [4.69, 9.17) is 5.11 Å². The number of aliphatic hydroxyl groups is 1. The lowest BCUT2D eigenvalue weighted by Gasteiger charge is -2.15. The summed E-state index contributed by atoms with van der Waals surface area (Å²) in [5.41, 5.74) is 2.25. The van der Waals surface area contributed by atoms with Gasteiger partial charge in [0, 0.05) is 6.54 Å². The predicted octanol–water partition coefficient (Wildman–Crippen LogP) is 3.48. The Balaban J connectivity index is 2.30. The molecule has 1 aromatic carbocycles. The Labute approximate surface area is 111 Å². The van der Waals surface area contributed by atoms with Crippen LogP contribution in [0, 0.1) is 5.92 Å². The fourth-order valence-corrected chi connectivity index (χ4v) is 2.20. The minimum absolute atomic E-state index is 0.127. The standard InChI is InChI=1S/C16H27NO/c1-3-5-7-14(4-2)11-17-12-15-8-6-9-16(10-15)13-18/h6,8-10,14,17-18H,3-5,7,11-13H2,1-2H3. The summed E-state index contributed by atoms with van der Waals surface area (Å²) in [7, 11) is 0. The van der Waals surface area contributed by atoms with Gasteiger partial charge in [0.1, 0.15) is 0 Å². The first-order valence-corrected chi connectivity index (χ1v) is 7.19. The smallest absolute Gasteiger partial charge is 0.0681 e. The van der Waals surface area contributed by atoms with Gasteiger partial charge in [-0.1, -0.05) is 57.4 Å². The fourth-order valence-electron chi connectivity index (χ4n) is 2.20. The molecule has 2 N–H and O–H groups in total. The molecule has 2 heteroatoms. The van der Waals surface area contributed by atoms with E-state index in [-0.39, 0.29) is 6.61 Å². The maximum absolute atomic E-state index is 9.09. The van der Waals surface area contributed by atoms with Gasteiger partial charge in [-0.15, -0.1) is 0 Å². The first-order chi connectivity index (χ1) is 8.80. The average molecular weight is 249 g/mol. The molecule has 102 valence electrons. The van der Waals surface area contributed by atoms with E-state index in [1.54, 1.807) is 0 Å². The number of nitrogens with one attached hydrogen (secondary N) is 1. The molecule has 1 atom stereocenters. The Kier molecular flexibility index (Phi) is 7.70. The molecule has 0 amide bonds. The first-order valence-electron chi connectivity index (χ1n) is 7.19. The summed E-state index contributed by atoms with van der Waals surface area (Å²) in [6.45, 7) is 6.65. The molecule has 0 saturated carbocycles. The van der Waals surface area contributed by atoms with E-state index in [0.717, 1.165) is 24.6 Å². The molecule has 0 radical (unpaired) electrons. The van der Waals surface area contributed by atoms with E-state index in [2.05, 4.69) is 31.3 Å². The molecular weight excluding hydrogens is 222 g/mol. The van der Waals surface area contributed by atoms with Gasteiger partial charge in [-0.05, 0) is 30.0 Å². The second-order valence-corrected chi connectivity index (χ2v) is 5.03. The zero-order chi connectivity index (χ0) is 13.2. The van der Waals surface area contributed by atoms with Crippen molar-refractivity contribution in [3.05, 3.63) is 35.4 Å². The zero-order valence-electron chi connectivity index (χ0n) is 11.8. The minimum Gasteiger partial charge on any atom is -0.392 e. The Morgan fingerprint density at radius 1 is 1.22 bits per heavy atom. The van der Waals surface area contributed by atoms with Gasteiger partial charge in [-0.3, -0.25) is 0 Å². The van der Waals surface area contributed by atoms with Crippen LogP contribution < -0.4 is 5.32 Å². The van der Waals surface area contributed by atoms with E-state index >= 15 is 0 Å². The van der Waals surface area contributed by atoms with Gasteiger partial charge in [-0.25, -0.2) is 0 Å². The highest BCUT2D eigenvalue weighted by Crippen LogP contribution is 2.12. The highest BCUT2D eigenvalue weighted by atomic mass is 16.3. The second kappa shape index (κ2) is 9.12. The van der Waals surface area contributed by atoms with E-state index in [1.165, 1.54) is 31.2 Å². The highest BCUT2D eigenvalue weighted by molar-refractivity contribution is 5.22. The molecule has 1 rings (SSSR count). The molecule has 0 spiro atoms. The molecule has 0 fully saturated rings. The lowest BCUT2D eigenvalue weighted by molar-refractivity contribution is 0.281. The van der Waals surface area contributed by atoms with Crippen molar-refractivity contribution < 1.29 is 5.11 Å². The summed E-state index contributed by atoms with van der Waals surface area (Å²) in [6.07, 6.45) is 5.20. The topological polar surface area (TPSA) is 32.3 Å². The molecule has 1 unspecified atom stereocenters. The maximum atomic E-state index is 9.09. The summed E-state index contributed by atoms with van der Waals surface area (Å²) in [6, 6.07) is 8.15. The average Bonchev–Trinajstić information content (AvgIpc) is 2.43. The third kappa shape index (κ3) is 5.65. The summed E-state index contributed by atoms with van der Waals surface area (Å²) >= 11 is 0. The van der Waals surface area contributed by atoms with Gasteiger partial charge >= 0.3 is 0 Å². The van der Waals surface area contributed by atoms with Crippen molar-refractivity contribution in [1.29, 1.82) is 0 Å². The Bertz CT molecular complexity index is 325. The molecule has 0 aromatic heterocycles. The molecule has 0 saturated heterocycles. The Morgan fingerprint density at radius 2 is 2.00 bits per heavy atom. The van der Waals surface area contributed by atoms with Crippen LogP contribution in [-0.4, -0.2) is 11.7 Å². The predicted molar refractivity (Wildman–Crippen MR) is 77.4 cm³/mol. The van der Waals surface area contributed by atoms with Gasteiger partial charge in [0.2, 0.25) is 0 Å². The van der Waals surface area contributed by atoms with Crippen LogP contribution >= 0.6 is 0 Å². The molecule has 0 heterocycles. The Morgan fingerprint density at radius 3 is 2.67 bits per heavy atom. The van der Waals surface area contributed by atoms with E-state index in [9.17, 15) is 0 Å². The van der Waals surface area contributed by atoms with Crippen LogP contribution in [0.5, 0.6) is 0 Å². The molecular formula is C16H27NO. The lowest BCUT2D eigenvalue weighted by atomic mass is 9.99. The van der Waals surface area contributed by atoms with Gasteiger partial charge in [-0.2, -0.15) is 0 Å². The number of unbranched alkanes of at least 4 members (excludes halogenated alkanes) is 1. The lowest BCUT2D eigenvalue weighted by Crippen LogP contribution is -2.22. The van der Waals surface area contributed by atoms with Gasteiger partial charge < -0.3 is 10.4 Å². The second-order valence-electron chi connectivity index (χ2n) is 5.03. The fraction of sp³-hybridized carbons (Fsp3) is 0.625. The monoisotopic (exact) mass is 249 g/mol. The van der Waals surface area contributed by atoms with Gasteiger partial charge in [0.15, 0.2) is 0 Å². The van der Waals surface area contributed by atoms with Crippen LogP contribution in [0.1, 0.15) is 50.7 Å². The highest BCUT2D eigenvalue weighted by Gasteiger charge is 2.05. The van der Waals surface area contributed by atoms with Crippen molar-refractivity contribution >= 4 is 0 Å². The van der Waals surface area contributed by atoms with Crippen LogP contribution in [0.4, 0.5) is 0 Å². The summed E-state index contributed by atoms with van der Waals surface area (Å²) in [4.78, 5) is 0. The number of hydrogen-bond acceptors (Lipinski definition) is 2. The summed E-state index contributed by atoms with van der Waals surface area (Å²) < 4.78 is 0. The van der Waals surface area contributed by atoms with Crippen LogP contribution in [0.3, 0.4) is 0 Å². The number of benzene rings is 1. The van der Waals surface area contributed by atoms with Crippen LogP contribution in [0.15, 0.2) is 24.3 Å². The molecule has 1 aromatic rings.